The van der Waals surface area contributed by atoms with Crippen LogP contribution in [0.15, 0.2) is 27.8 Å². The number of guanidine groups is 1. The van der Waals surface area contributed by atoms with E-state index in [1.54, 1.807) is 6.26 Å². The largest absolute Gasteiger partial charge is 0.469 e. The van der Waals surface area contributed by atoms with Gasteiger partial charge in [0, 0.05) is 38.1 Å². The van der Waals surface area contributed by atoms with Crippen molar-refractivity contribution < 1.29 is 9.15 Å². The van der Waals surface area contributed by atoms with Crippen LogP contribution in [0, 0.1) is 11.8 Å². The summed E-state index contributed by atoms with van der Waals surface area (Å²) >= 11 is 0. The van der Waals surface area contributed by atoms with Crippen molar-refractivity contribution in [1.29, 1.82) is 0 Å². The van der Waals surface area contributed by atoms with E-state index in [2.05, 4.69) is 31.4 Å². The Morgan fingerprint density at radius 1 is 1.31 bits per heavy atom. The summed E-state index contributed by atoms with van der Waals surface area (Å²) in [6, 6.07) is 4.36. The molecule has 2 atom stereocenters. The second-order valence-corrected chi connectivity index (χ2v) is 7.55. The molecule has 2 heterocycles. The summed E-state index contributed by atoms with van der Waals surface area (Å²) in [6.07, 6.45) is 7.41. The van der Waals surface area contributed by atoms with Crippen LogP contribution in [0.25, 0.3) is 0 Å². The van der Waals surface area contributed by atoms with Gasteiger partial charge in [-0.3, -0.25) is 4.99 Å². The molecule has 1 aliphatic rings. The molecule has 2 N–H and O–H groups in total. The molecule has 1 fully saturated rings. The standard InChI is InChI=1S/C20H35N3O2.HI/c1-16(2)6-4-7-17(3)23-20(22-14-18-10-13-24-15-18)21-11-9-19-8-5-12-25-19;/h5,8,12,16-18H,4,6-7,9-11,13-15H2,1-3H3,(H2,21,22,23);1H. The first-order valence-corrected chi connectivity index (χ1v) is 9.78. The number of rotatable bonds is 10. The number of furan rings is 1. The first kappa shape index (κ1) is 23.3. The van der Waals surface area contributed by atoms with E-state index < -0.39 is 0 Å². The Labute approximate surface area is 175 Å². The van der Waals surface area contributed by atoms with E-state index in [-0.39, 0.29) is 24.0 Å². The van der Waals surface area contributed by atoms with Crippen LogP contribution in [0.2, 0.25) is 0 Å². The summed E-state index contributed by atoms with van der Waals surface area (Å²) in [7, 11) is 0. The van der Waals surface area contributed by atoms with Crippen LogP contribution in [-0.4, -0.2) is 38.3 Å². The summed E-state index contributed by atoms with van der Waals surface area (Å²) < 4.78 is 10.8. The lowest BCUT2D eigenvalue weighted by molar-refractivity contribution is 0.187. The molecule has 0 bridgehead atoms. The summed E-state index contributed by atoms with van der Waals surface area (Å²) in [5.41, 5.74) is 0. The van der Waals surface area contributed by atoms with Gasteiger partial charge < -0.3 is 19.8 Å². The number of halogens is 1. The Morgan fingerprint density at radius 2 is 2.15 bits per heavy atom. The fraction of sp³-hybridized carbons (Fsp3) is 0.750. The molecule has 26 heavy (non-hydrogen) atoms. The van der Waals surface area contributed by atoms with E-state index in [4.69, 9.17) is 14.1 Å². The molecule has 0 aromatic carbocycles. The van der Waals surface area contributed by atoms with E-state index in [1.807, 2.05) is 12.1 Å². The molecule has 150 valence electrons. The van der Waals surface area contributed by atoms with E-state index in [9.17, 15) is 0 Å². The van der Waals surface area contributed by atoms with Crippen molar-refractivity contribution in [2.24, 2.45) is 16.8 Å². The van der Waals surface area contributed by atoms with Crippen LogP contribution in [0.1, 0.15) is 52.2 Å². The summed E-state index contributed by atoms with van der Waals surface area (Å²) in [6.45, 7) is 10.2. The lowest BCUT2D eigenvalue weighted by atomic mass is 10.0. The van der Waals surface area contributed by atoms with Crippen molar-refractivity contribution in [3.05, 3.63) is 24.2 Å². The number of nitrogens with zero attached hydrogens (tertiary/aromatic N) is 1. The number of hydrogen-bond donors (Lipinski definition) is 2. The van der Waals surface area contributed by atoms with Gasteiger partial charge in [-0.1, -0.05) is 26.7 Å². The predicted molar refractivity (Wildman–Crippen MR) is 118 cm³/mol. The van der Waals surface area contributed by atoms with Gasteiger partial charge in [0.15, 0.2) is 5.96 Å². The second-order valence-electron chi connectivity index (χ2n) is 7.55. The van der Waals surface area contributed by atoms with Crippen molar-refractivity contribution in [3.8, 4) is 0 Å². The van der Waals surface area contributed by atoms with Gasteiger partial charge in [0.1, 0.15) is 5.76 Å². The third kappa shape index (κ3) is 9.80. The Bertz CT molecular complexity index is 485. The zero-order valence-corrected chi connectivity index (χ0v) is 18.8. The molecule has 1 aliphatic heterocycles. The van der Waals surface area contributed by atoms with Gasteiger partial charge in [0.2, 0.25) is 0 Å². The highest BCUT2D eigenvalue weighted by atomic mass is 127. The van der Waals surface area contributed by atoms with Crippen molar-refractivity contribution in [2.75, 3.05) is 26.3 Å². The Kier molecular flexibility index (Phi) is 12.0. The molecule has 2 unspecified atom stereocenters. The molecule has 2 rings (SSSR count). The molecular formula is C20H36IN3O2. The average molecular weight is 477 g/mol. The van der Waals surface area contributed by atoms with Gasteiger partial charge in [-0.05, 0) is 37.8 Å². The molecule has 6 heteroatoms. The normalized spacial score (nSPS) is 18.6. The van der Waals surface area contributed by atoms with Gasteiger partial charge in [0.25, 0.3) is 0 Å². The van der Waals surface area contributed by atoms with Crippen LogP contribution < -0.4 is 10.6 Å². The van der Waals surface area contributed by atoms with E-state index in [0.717, 1.165) is 56.8 Å². The predicted octanol–water partition coefficient (Wildman–Crippen LogP) is 4.23. The molecule has 0 saturated carbocycles. The molecule has 0 radical (unpaired) electrons. The van der Waals surface area contributed by atoms with Crippen molar-refractivity contribution in [1.82, 2.24) is 10.6 Å². The zero-order valence-electron chi connectivity index (χ0n) is 16.5. The van der Waals surface area contributed by atoms with Crippen LogP contribution >= 0.6 is 24.0 Å². The fourth-order valence-electron chi connectivity index (χ4n) is 3.00. The van der Waals surface area contributed by atoms with E-state index in [1.165, 1.54) is 19.3 Å². The maximum Gasteiger partial charge on any atom is 0.191 e. The van der Waals surface area contributed by atoms with Crippen LogP contribution in [-0.2, 0) is 11.2 Å². The molecule has 5 nitrogen and oxygen atoms in total. The topological polar surface area (TPSA) is 58.8 Å². The minimum absolute atomic E-state index is 0. The zero-order chi connectivity index (χ0) is 17.9. The minimum Gasteiger partial charge on any atom is -0.469 e. The van der Waals surface area contributed by atoms with Crippen LogP contribution in [0.5, 0.6) is 0 Å². The summed E-state index contributed by atoms with van der Waals surface area (Å²) in [5, 5.41) is 7.01. The first-order chi connectivity index (χ1) is 12.1. The Hall–Kier alpha value is -0.760. The lowest BCUT2D eigenvalue weighted by Gasteiger charge is -2.19. The molecule has 1 aromatic heterocycles. The first-order valence-electron chi connectivity index (χ1n) is 9.78. The van der Waals surface area contributed by atoms with Gasteiger partial charge in [0.05, 0.1) is 12.9 Å². The second kappa shape index (κ2) is 13.4. The van der Waals surface area contributed by atoms with Crippen molar-refractivity contribution >= 4 is 29.9 Å². The fourth-order valence-corrected chi connectivity index (χ4v) is 3.00. The quantitative estimate of drug-likeness (QED) is 0.301. The molecule has 1 aromatic rings. The van der Waals surface area contributed by atoms with Gasteiger partial charge in [-0.15, -0.1) is 24.0 Å². The highest BCUT2D eigenvalue weighted by Gasteiger charge is 2.15. The minimum atomic E-state index is 0. The monoisotopic (exact) mass is 477 g/mol. The van der Waals surface area contributed by atoms with Gasteiger partial charge in [-0.2, -0.15) is 0 Å². The van der Waals surface area contributed by atoms with Gasteiger partial charge in [-0.25, -0.2) is 0 Å². The van der Waals surface area contributed by atoms with Crippen LogP contribution in [0.4, 0.5) is 0 Å². The number of aliphatic imine (C=N–C) groups is 1. The maximum atomic E-state index is 5.45. The molecule has 1 saturated heterocycles. The van der Waals surface area contributed by atoms with E-state index >= 15 is 0 Å². The highest BCUT2D eigenvalue weighted by Crippen LogP contribution is 2.12. The third-order valence-electron chi connectivity index (χ3n) is 4.58. The maximum absolute atomic E-state index is 5.45. The average Bonchev–Trinajstić information content (AvgIpc) is 3.25. The molecular weight excluding hydrogens is 441 g/mol. The number of nitrogens with one attached hydrogen (secondary N) is 2. The van der Waals surface area contributed by atoms with E-state index in [0.29, 0.717) is 12.0 Å². The van der Waals surface area contributed by atoms with Crippen LogP contribution in [0.3, 0.4) is 0 Å². The van der Waals surface area contributed by atoms with Crippen molar-refractivity contribution in [2.45, 2.75) is 58.9 Å². The Balaban J connectivity index is 0.00000338. The van der Waals surface area contributed by atoms with Crippen molar-refractivity contribution in [3.63, 3.8) is 0 Å². The summed E-state index contributed by atoms with van der Waals surface area (Å²) in [5.74, 6) is 3.24. The molecule has 0 spiro atoms. The Morgan fingerprint density at radius 3 is 2.81 bits per heavy atom. The highest BCUT2D eigenvalue weighted by molar-refractivity contribution is 14.0. The lowest BCUT2D eigenvalue weighted by Crippen LogP contribution is -2.43. The smallest absolute Gasteiger partial charge is 0.191 e. The number of hydrogen-bond acceptors (Lipinski definition) is 3. The van der Waals surface area contributed by atoms with Gasteiger partial charge >= 0.3 is 0 Å². The third-order valence-corrected chi connectivity index (χ3v) is 4.58. The molecule has 0 amide bonds. The summed E-state index contributed by atoms with van der Waals surface area (Å²) in [4.78, 5) is 4.79. The number of ether oxygens (including phenoxy) is 1. The SMILES string of the molecule is CC(C)CCCC(C)NC(=NCC1CCOC1)NCCc1ccco1.I. The molecule has 0 aliphatic carbocycles.